The van der Waals surface area contributed by atoms with E-state index >= 15 is 0 Å². The van der Waals surface area contributed by atoms with Crippen LogP contribution in [-0.2, 0) is 0 Å². The summed E-state index contributed by atoms with van der Waals surface area (Å²) < 4.78 is 0. The molecule has 0 spiro atoms. The Bertz CT molecular complexity index is 455. The van der Waals surface area contributed by atoms with Crippen LogP contribution in [0.15, 0.2) is 41.5 Å². The second-order valence-electron chi connectivity index (χ2n) is 3.38. The maximum absolute atomic E-state index is 4.21. The molecule has 0 aliphatic carbocycles. The number of nitrogens with zero attached hydrogens (tertiary/aromatic N) is 2. The summed E-state index contributed by atoms with van der Waals surface area (Å²) in [7, 11) is 0. The molecule has 3 rings (SSSR count). The molecule has 2 heteroatoms. The third-order valence-electron chi connectivity index (χ3n) is 2.53. The summed E-state index contributed by atoms with van der Waals surface area (Å²) in [6.45, 7) is 0.786. The molecule has 2 aliphatic heterocycles. The molecule has 0 saturated carbocycles. The Morgan fingerprint density at radius 3 is 3.14 bits per heavy atom. The zero-order valence-corrected chi connectivity index (χ0v) is 7.72. The molecule has 1 aromatic rings. The lowest BCUT2D eigenvalue weighted by Gasteiger charge is -2.26. The number of aliphatic imine (C=N–C) groups is 1. The highest BCUT2D eigenvalue weighted by Crippen LogP contribution is 2.29. The van der Waals surface area contributed by atoms with Crippen LogP contribution < -0.4 is 0 Å². The van der Waals surface area contributed by atoms with Crippen molar-refractivity contribution in [2.45, 2.75) is 0 Å². The number of hydrogen-bond acceptors (Lipinski definition) is 2. The van der Waals surface area contributed by atoms with Gasteiger partial charge in [0.2, 0.25) is 0 Å². The Hall–Kier alpha value is -1.83. The maximum atomic E-state index is 4.21. The number of fused-ring (bicyclic) bond motifs is 3. The molecule has 0 bridgehead atoms. The quantitative estimate of drug-likeness (QED) is 0.601. The van der Waals surface area contributed by atoms with Crippen LogP contribution in [0.5, 0.6) is 0 Å². The molecule has 2 nitrogen and oxygen atoms in total. The normalized spacial score (nSPS) is 17.4. The first kappa shape index (κ1) is 7.56. The second-order valence-corrected chi connectivity index (χ2v) is 3.38. The third-order valence-corrected chi connectivity index (χ3v) is 2.53. The van der Waals surface area contributed by atoms with E-state index in [0.717, 1.165) is 6.54 Å². The van der Waals surface area contributed by atoms with Crippen LogP contribution in [0, 0.1) is 0 Å². The summed E-state index contributed by atoms with van der Waals surface area (Å²) in [5.74, 6) is 0. The minimum Gasteiger partial charge on any atom is -0.308 e. The molecule has 0 atom stereocenters. The fourth-order valence-corrected chi connectivity index (χ4v) is 1.85. The van der Waals surface area contributed by atoms with E-state index in [4.69, 9.17) is 0 Å². The van der Waals surface area contributed by atoms with E-state index in [2.05, 4.69) is 52.5 Å². The first-order valence-electron chi connectivity index (χ1n) is 4.71. The Morgan fingerprint density at radius 2 is 2.14 bits per heavy atom. The van der Waals surface area contributed by atoms with Gasteiger partial charge in [0, 0.05) is 11.8 Å². The van der Waals surface area contributed by atoms with E-state index in [0.29, 0.717) is 0 Å². The number of hydrogen-bond donors (Lipinski definition) is 0. The van der Waals surface area contributed by atoms with E-state index in [-0.39, 0.29) is 0 Å². The predicted molar refractivity (Wildman–Crippen MR) is 58.7 cm³/mol. The largest absolute Gasteiger partial charge is 0.308 e. The highest BCUT2D eigenvalue weighted by molar-refractivity contribution is 5.86. The summed E-state index contributed by atoms with van der Waals surface area (Å²) in [4.78, 5) is 6.27. The Kier molecular flexibility index (Phi) is 1.53. The van der Waals surface area contributed by atoms with Crippen LogP contribution >= 0.6 is 0 Å². The fourth-order valence-electron chi connectivity index (χ4n) is 1.85. The SMILES string of the molecule is C1=CN2C=NCC=C2c2ccccc21. The van der Waals surface area contributed by atoms with Crippen LogP contribution in [0.4, 0.5) is 0 Å². The zero-order chi connectivity index (χ0) is 9.38. The van der Waals surface area contributed by atoms with Gasteiger partial charge >= 0.3 is 0 Å². The van der Waals surface area contributed by atoms with Crippen molar-refractivity contribution in [1.29, 1.82) is 0 Å². The summed E-state index contributed by atoms with van der Waals surface area (Å²) >= 11 is 0. The van der Waals surface area contributed by atoms with Gasteiger partial charge in [-0.05, 0) is 17.7 Å². The van der Waals surface area contributed by atoms with Crippen molar-refractivity contribution >= 4 is 18.1 Å². The summed E-state index contributed by atoms with van der Waals surface area (Å²) in [5, 5.41) is 0. The van der Waals surface area contributed by atoms with Crippen molar-refractivity contribution in [1.82, 2.24) is 4.90 Å². The van der Waals surface area contributed by atoms with Crippen LogP contribution in [0.25, 0.3) is 11.8 Å². The van der Waals surface area contributed by atoms with E-state index < -0.39 is 0 Å². The monoisotopic (exact) mass is 182 g/mol. The van der Waals surface area contributed by atoms with Gasteiger partial charge < -0.3 is 4.90 Å². The molecule has 0 N–H and O–H groups in total. The number of rotatable bonds is 0. The van der Waals surface area contributed by atoms with Gasteiger partial charge in [-0.25, -0.2) is 0 Å². The zero-order valence-electron chi connectivity index (χ0n) is 7.72. The first-order valence-corrected chi connectivity index (χ1v) is 4.71. The van der Waals surface area contributed by atoms with Gasteiger partial charge in [0.15, 0.2) is 0 Å². The molecule has 1 aromatic carbocycles. The topological polar surface area (TPSA) is 15.6 Å². The lowest BCUT2D eigenvalue weighted by molar-refractivity contribution is 0.789. The molecule has 0 unspecified atom stereocenters. The molecule has 2 aliphatic rings. The van der Waals surface area contributed by atoms with Gasteiger partial charge in [-0.15, -0.1) is 0 Å². The van der Waals surface area contributed by atoms with Gasteiger partial charge in [0.25, 0.3) is 0 Å². The van der Waals surface area contributed by atoms with Gasteiger partial charge in [-0.1, -0.05) is 24.3 Å². The molecule has 0 fully saturated rings. The van der Waals surface area contributed by atoms with Crippen LogP contribution in [-0.4, -0.2) is 17.8 Å². The highest BCUT2D eigenvalue weighted by Gasteiger charge is 2.16. The highest BCUT2D eigenvalue weighted by atomic mass is 15.2. The lowest BCUT2D eigenvalue weighted by atomic mass is 10.0. The summed E-state index contributed by atoms with van der Waals surface area (Å²) in [6.07, 6.45) is 8.20. The minimum absolute atomic E-state index is 0.786. The van der Waals surface area contributed by atoms with E-state index in [1.54, 1.807) is 0 Å². The molecule has 0 radical (unpaired) electrons. The average Bonchev–Trinajstić information content (AvgIpc) is 2.29. The van der Waals surface area contributed by atoms with Gasteiger partial charge in [0.1, 0.15) is 0 Å². The minimum atomic E-state index is 0.786. The van der Waals surface area contributed by atoms with Crippen LogP contribution in [0.2, 0.25) is 0 Å². The average molecular weight is 182 g/mol. The second kappa shape index (κ2) is 2.84. The van der Waals surface area contributed by atoms with Gasteiger partial charge in [-0.3, -0.25) is 4.99 Å². The fraction of sp³-hybridized carbons (Fsp3) is 0.0833. The molecular weight excluding hydrogens is 172 g/mol. The lowest BCUT2D eigenvalue weighted by Crippen LogP contribution is -2.20. The predicted octanol–water partition coefficient (Wildman–Crippen LogP) is 2.36. The van der Waals surface area contributed by atoms with Crippen molar-refractivity contribution in [3.05, 3.63) is 47.7 Å². The van der Waals surface area contributed by atoms with Crippen molar-refractivity contribution in [3.63, 3.8) is 0 Å². The van der Waals surface area contributed by atoms with Gasteiger partial charge in [-0.2, -0.15) is 0 Å². The van der Waals surface area contributed by atoms with E-state index in [1.165, 1.54) is 16.8 Å². The van der Waals surface area contributed by atoms with Crippen LogP contribution in [0.1, 0.15) is 11.1 Å². The molecule has 0 saturated heterocycles. The summed E-state index contributed by atoms with van der Waals surface area (Å²) in [6, 6.07) is 8.42. The van der Waals surface area contributed by atoms with Crippen molar-refractivity contribution < 1.29 is 0 Å². The summed E-state index contributed by atoms with van der Waals surface area (Å²) in [5.41, 5.74) is 3.82. The van der Waals surface area contributed by atoms with Crippen molar-refractivity contribution in [3.8, 4) is 0 Å². The Labute approximate surface area is 82.9 Å². The third kappa shape index (κ3) is 1.01. The molecular formula is C12H10N2. The molecule has 68 valence electrons. The van der Waals surface area contributed by atoms with Crippen molar-refractivity contribution in [2.75, 3.05) is 6.54 Å². The first-order chi connectivity index (χ1) is 6.95. The van der Waals surface area contributed by atoms with E-state index in [9.17, 15) is 0 Å². The molecule has 2 heterocycles. The smallest absolute Gasteiger partial charge is 0.0939 e. The van der Waals surface area contributed by atoms with Crippen molar-refractivity contribution in [2.24, 2.45) is 4.99 Å². The van der Waals surface area contributed by atoms with E-state index in [1.807, 2.05) is 6.34 Å². The standard InChI is InChI=1S/C12H10N2/c1-2-4-11-10(3-1)6-8-14-9-13-7-5-12(11)14/h1-6,8-9H,7H2. The maximum Gasteiger partial charge on any atom is 0.0939 e. The van der Waals surface area contributed by atoms with Gasteiger partial charge in [0.05, 0.1) is 18.6 Å². The molecule has 0 amide bonds. The Morgan fingerprint density at radius 1 is 1.21 bits per heavy atom. The Balaban J connectivity index is 2.20. The molecule has 14 heavy (non-hydrogen) atoms. The van der Waals surface area contributed by atoms with Crippen LogP contribution in [0.3, 0.4) is 0 Å². The number of benzene rings is 1. The molecule has 0 aromatic heterocycles.